The van der Waals surface area contributed by atoms with E-state index in [9.17, 15) is 9.90 Å². The second-order valence-corrected chi connectivity index (χ2v) is 6.64. The number of carbonyl (C=O) groups excluding carboxylic acids is 1. The van der Waals surface area contributed by atoms with Gasteiger partial charge in [-0.2, -0.15) is 0 Å². The highest BCUT2D eigenvalue weighted by atomic mass is 32.2. The maximum Gasteiger partial charge on any atom is 0.258 e. The van der Waals surface area contributed by atoms with Gasteiger partial charge in [-0.15, -0.1) is 11.8 Å². The molecule has 0 aliphatic carbocycles. The molecule has 1 saturated heterocycles. The van der Waals surface area contributed by atoms with Gasteiger partial charge in [-0.25, -0.2) is 0 Å². The minimum absolute atomic E-state index is 0.00350. The van der Waals surface area contributed by atoms with Crippen LogP contribution in [0.4, 0.5) is 0 Å². The number of methoxy groups -OCH3 is 1. The van der Waals surface area contributed by atoms with Crippen LogP contribution >= 0.6 is 11.8 Å². The van der Waals surface area contributed by atoms with E-state index in [1.807, 2.05) is 19.2 Å². The predicted molar refractivity (Wildman–Crippen MR) is 93.8 cm³/mol. The number of phenols is 1. The molecule has 1 aliphatic rings. The Labute approximate surface area is 142 Å². The number of rotatable bonds is 6. The monoisotopic (exact) mass is 338 g/mol. The Kier molecular flexibility index (Phi) is 6.18. The van der Waals surface area contributed by atoms with E-state index in [0.717, 1.165) is 25.1 Å². The van der Waals surface area contributed by atoms with Crippen LogP contribution in [0.2, 0.25) is 0 Å². The molecule has 6 heteroatoms. The molecule has 0 unspecified atom stereocenters. The second kappa shape index (κ2) is 7.93. The van der Waals surface area contributed by atoms with Crippen molar-refractivity contribution in [1.82, 2.24) is 10.2 Å². The predicted octanol–water partition coefficient (Wildman–Crippen LogP) is 2.65. The maximum absolute atomic E-state index is 12.6. The van der Waals surface area contributed by atoms with Crippen LogP contribution in [0, 0.1) is 6.92 Å². The molecule has 0 aromatic heterocycles. The van der Waals surface area contributed by atoms with Gasteiger partial charge in [0.25, 0.3) is 5.91 Å². The number of hydrogen-bond acceptors (Lipinski definition) is 5. The average molecular weight is 338 g/mol. The molecular formula is C17H26N2O3S. The van der Waals surface area contributed by atoms with E-state index in [2.05, 4.69) is 17.1 Å². The molecule has 1 amide bonds. The van der Waals surface area contributed by atoms with Gasteiger partial charge in [-0.3, -0.25) is 9.69 Å². The molecule has 1 aromatic carbocycles. The van der Waals surface area contributed by atoms with Crippen LogP contribution in [0.3, 0.4) is 0 Å². The first kappa shape index (κ1) is 17.9. The fraction of sp³-hybridized carbons (Fsp3) is 0.588. The van der Waals surface area contributed by atoms with Crippen molar-refractivity contribution in [2.24, 2.45) is 0 Å². The maximum atomic E-state index is 12.6. The number of likely N-dealkylation sites (N-methyl/N-ethyl adjacent to an activating group) is 1. The molecule has 1 aromatic rings. The fourth-order valence-corrected chi connectivity index (χ4v) is 3.82. The zero-order chi connectivity index (χ0) is 17.0. The van der Waals surface area contributed by atoms with E-state index < -0.39 is 0 Å². The normalized spacial score (nSPS) is 18.2. The van der Waals surface area contributed by atoms with Crippen molar-refractivity contribution in [2.75, 3.05) is 33.0 Å². The van der Waals surface area contributed by atoms with Gasteiger partial charge in [-0.05, 0) is 50.7 Å². The number of aromatic hydroxyl groups is 1. The van der Waals surface area contributed by atoms with Gasteiger partial charge in [0.15, 0.2) is 0 Å². The van der Waals surface area contributed by atoms with Gasteiger partial charge < -0.3 is 15.2 Å². The van der Waals surface area contributed by atoms with E-state index in [4.69, 9.17) is 4.74 Å². The van der Waals surface area contributed by atoms with Gasteiger partial charge in [0.05, 0.1) is 12.0 Å². The number of nitrogens with zero attached hydrogens (tertiary/aromatic N) is 1. The van der Waals surface area contributed by atoms with Crippen molar-refractivity contribution in [3.63, 3.8) is 0 Å². The third-order valence-corrected chi connectivity index (χ3v) is 5.21. The van der Waals surface area contributed by atoms with E-state index in [0.29, 0.717) is 23.2 Å². The van der Waals surface area contributed by atoms with Crippen LogP contribution < -0.4 is 10.1 Å². The highest BCUT2D eigenvalue weighted by Gasteiger charge is 2.26. The number of aryl methyl sites for hydroxylation is 1. The van der Waals surface area contributed by atoms with Crippen LogP contribution in [-0.4, -0.2) is 55.0 Å². The number of likely N-dealkylation sites (tertiary alicyclic amines) is 1. The first-order valence-electron chi connectivity index (χ1n) is 8.00. The minimum Gasteiger partial charge on any atom is -0.506 e. The Bertz CT molecular complexity index is 577. The molecule has 2 rings (SSSR count). The number of hydrogen-bond donors (Lipinski definition) is 2. The fourth-order valence-electron chi connectivity index (χ4n) is 3.23. The highest BCUT2D eigenvalue weighted by molar-refractivity contribution is 7.98. The molecular weight excluding hydrogens is 312 g/mol. The van der Waals surface area contributed by atoms with Crippen LogP contribution in [0.25, 0.3) is 0 Å². The van der Waals surface area contributed by atoms with Crippen molar-refractivity contribution in [3.05, 3.63) is 17.2 Å². The van der Waals surface area contributed by atoms with Crippen LogP contribution in [0.15, 0.2) is 11.0 Å². The van der Waals surface area contributed by atoms with Gasteiger partial charge in [0.1, 0.15) is 17.1 Å². The average Bonchev–Trinajstić information content (AvgIpc) is 3.01. The van der Waals surface area contributed by atoms with Crippen LogP contribution in [-0.2, 0) is 0 Å². The van der Waals surface area contributed by atoms with Crippen molar-refractivity contribution in [1.29, 1.82) is 0 Å². The summed E-state index contributed by atoms with van der Waals surface area (Å²) < 4.78 is 5.35. The van der Waals surface area contributed by atoms with Crippen LogP contribution in [0.5, 0.6) is 11.5 Å². The molecule has 1 heterocycles. The van der Waals surface area contributed by atoms with Crippen molar-refractivity contribution in [2.45, 2.75) is 37.6 Å². The zero-order valence-corrected chi connectivity index (χ0v) is 15.1. The summed E-state index contributed by atoms with van der Waals surface area (Å²) in [6, 6.07) is 2.22. The van der Waals surface area contributed by atoms with Crippen molar-refractivity contribution >= 4 is 17.7 Å². The van der Waals surface area contributed by atoms with Gasteiger partial charge >= 0.3 is 0 Å². The third kappa shape index (κ3) is 3.75. The zero-order valence-electron chi connectivity index (χ0n) is 14.3. The molecule has 0 saturated carbocycles. The summed E-state index contributed by atoms with van der Waals surface area (Å²) in [4.78, 5) is 15.7. The van der Waals surface area contributed by atoms with E-state index >= 15 is 0 Å². The Hall–Kier alpha value is -1.40. The number of thioether (sulfide) groups is 1. The first-order chi connectivity index (χ1) is 11.0. The molecule has 0 spiro atoms. The lowest BCUT2D eigenvalue weighted by Crippen LogP contribution is -2.40. The van der Waals surface area contributed by atoms with Crippen LogP contribution in [0.1, 0.15) is 35.7 Å². The Morgan fingerprint density at radius 2 is 2.30 bits per heavy atom. The van der Waals surface area contributed by atoms with Gasteiger partial charge in [0, 0.05) is 12.6 Å². The molecule has 1 fully saturated rings. The largest absolute Gasteiger partial charge is 0.506 e. The number of ether oxygens (including phenoxy) is 1. The molecule has 1 atom stereocenters. The first-order valence-corrected chi connectivity index (χ1v) is 9.22. The smallest absolute Gasteiger partial charge is 0.258 e. The summed E-state index contributed by atoms with van der Waals surface area (Å²) in [5, 5.41) is 13.4. The summed E-state index contributed by atoms with van der Waals surface area (Å²) in [6.45, 7) is 6.70. The topological polar surface area (TPSA) is 61.8 Å². The van der Waals surface area contributed by atoms with E-state index in [1.54, 1.807) is 0 Å². The summed E-state index contributed by atoms with van der Waals surface area (Å²) in [5.74, 6) is 0.161. The minimum atomic E-state index is -0.277. The number of carbonyl (C=O) groups is 1. The number of phenolic OH excluding ortho intramolecular Hbond substituents is 1. The Morgan fingerprint density at radius 3 is 2.91 bits per heavy atom. The lowest BCUT2D eigenvalue weighted by Gasteiger charge is -2.23. The van der Waals surface area contributed by atoms with Crippen molar-refractivity contribution in [3.8, 4) is 11.5 Å². The SMILES string of the molecule is CCN1CCC[C@H]1CNC(=O)c1c(O)c(SC)cc(C)c1OC. The standard InChI is InChI=1S/C17H26N2O3S/c1-5-19-8-6-7-12(19)10-18-17(21)14-15(20)13(23-4)9-11(2)16(14)22-3/h9,12,20H,5-8,10H2,1-4H3,(H,18,21)/t12-/m0/s1. The third-order valence-electron chi connectivity index (χ3n) is 4.46. The number of nitrogens with one attached hydrogen (secondary N) is 1. The van der Waals surface area contributed by atoms with Gasteiger partial charge in [-0.1, -0.05) is 6.92 Å². The molecule has 23 heavy (non-hydrogen) atoms. The Morgan fingerprint density at radius 1 is 1.57 bits per heavy atom. The number of benzene rings is 1. The van der Waals surface area contributed by atoms with E-state index in [1.165, 1.54) is 25.3 Å². The summed E-state index contributed by atoms with van der Waals surface area (Å²) in [7, 11) is 1.52. The summed E-state index contributed by atoms with van der Waals surface area (Å²) in [5.41, 5.74) is 1.08. The highest BCUT2D eigenvalue weighted by Crippen LogP contribution is 2.38. The molecule has 128 valence electrons. The lowest BCUT2D eigenvalue weighted by molar-refractivity contribution is 0.0935. The molecule has 0 bridgehead atoms. The number of amides is 1. The summed E-state index contributed by atoms with van der Waals surface area (Å²) >= 11 is 1.41. The molecule has 2 N–H and O–H groups in total. The van der Waals surface area contributed by atoms with E-state index in [-0.39, 0.29) is 17.2 Å². The molecule has 1 aliphatic heterocycles. The lowest BCUT2D eigenvalue weighted by atomic mass is 10.1. The second-order valence-electron chi connectivity index (χ2n) is 5.79. The Balaban J connectivity index is 2.19. The van der Waals surface area contributed by atoms with Crippen molar-refractivity contribution < 1.29 is 14.6 Å². The molecule has 0 radical (unpaired) electrons. The quantitative estimate of drug-likeness (QED) is 0.781. The van der Waals surface area contributed by atoms with Gasteiger partial charge in [0.2, 0.25) is 0 Å². The molecule has 5 nitrogen and oxygen atoms in total. The summed E-state index contributed by atoms with van der Waals surface area (Å²) in [6.07, 6.45) is 4.14.